The van der Waals surface area contributed by atoms with E-state index in [0.717, 1.165) is 5.56 Å². The highest BCUT2D eigenvalue weighted by Crippen LogP contribution is 2.37. The summed E-state index contributed by atoms with van der Waals surface area (Å²) in [5.74, 6) is -0.621. The fourth-order valence-corrected chi connectivity index (χ4v) is 3.41. The minimum Gasteiger partial charge on any atom is -0.370 e. The molecule has 0 bridgehead atoms. The average molecular weight is 363 g/mol. The Labute approximate surface area is 155 Å². The van der Waals surface area contributed by atoms with Gasteiger partial charge < -0.3 is 23.8 Å². The minimum absolute atomic E-state index is 0.00687. The molecule has 0 aromatic heterocycles. The number of amides is 1. The van der Waals surface area contributed by atoms with Crippen LogP contribution in [-0.4, -0.2) is 61.7 Å². The minimum atomic E-state index is -0.623. The lowest BCUT2D eigenvalue weighted by Gasteiger charge is -2.29. The van der Waals surface area contributed by atoms with Crippen LogP contribution in [0.1, 0.15) is 26.3 Å². The largest absolute Gasteiger partial charge is 0.370 e. The number of epoxide rings is 1. The van der Waals surface area contributed by atoms with Gasteiger partial charge in [-0.3, -0.25) is 4.79 Å². The summed E-state index contributed by atoms with van der Waals surface area (Å²) in [6, 6.07) is 10.0. The highest BCUT2D eigenvalue weighted by Gasteiger charge is 2.53. The maximum atomic E-state index is 12.2. The molecular weight excluding hydrogens is 334 g/mol. The van der Waals surface area contributed by atoms with Gasteiger partial charge in [0.1, 0.15) is 6.10 Å². The van der Waals surface area contributed by atoms with Crippen LogP contribution >= 0.6 is 0 Å². The Morgan fingerprint density at radius 3 is 2.58 bits per heavy atom. The maximum Gasteiger partial charge on any atom is 0.253 e. The number of hydrogen-bond acceptors (Lipinski definition) is 5. The molecule has 1 aromatic rings. The Morgan fingerprint density at radius 2 is 2.00 bits per heavy atom. The van der Waals surface area contributed by atoms with Gasteiger partial charge in [0, 0.05) is 20.0 Å². The van der Waals surface area contributed by atoms with Crippen molar-refractivity contribution in [2.75, 3.05) is 20.7 Å². The molecule has 26 heavy (non-hydrogen) atoms. The lowest BCUT2D eigenvalue weighted by molar-refractivity contribution is -0.164. The van der Waals surface area contributed by atoms with E-state index in [1.807, 2.05) is 44.2 Å². The lowest BCUT2D eigenvalue weighted by atomic mass is 9.94. The first-order valence-corrected chi connectivity index (χ1v) is 9.12. The summed E-state index contributed by atoms with van der Waals surface area (Å²) in [4.78, 5) is 13.7. The first-order chi connectivity index (χ1) is 12.3. The van der Waals surface area contributed by atoms with Crippen LogP contribution in [0.4, 0.5) is 0 Å². The van der Waals surface area contributed by atoms with Gasteiger partial charge in [-0.1, -0.05) is 37.3 Å². The van der Waals surface area contributed by atoms with E-state index in [1.54, 1.807) is 19.0 Å². The molecule has 0 unspecified atom stereocenters. The lowest BCUT2D eigenvalue weighted by Crippen LogP contribution is -2.41. The zero-order chi connectivity index (χ0) is 18.9. The van der Waals surface area contributed by atoms with Crippen molar-refractivity contribution in [1.82, 2.24) is 4.90 Å². The highest BCUT2D eigenvalue weighted by atomic mass is 16.7. The van der Waals surface area contributed by atoms with Crippen LogP contribution in [0.15, 0.2) is 30.3 Å². The quantitative estimate of drug-likeness (QED) is 0.695. The average Bonchev–Trinajstić information content (AvgIpc) is 3.32. The second-order valence-corrected chi connectivity index (χ2v) is 7.74. The van der Waals surface area contributed by atoms with Crippen LogP contribution in [0.2, 0.25) is 0 Å². The van der Waals surface area contributed by atoms with E-state index in [2.05, 4.69) is 6.92 Å². The smallest absolute Gasteiger partial charge is 0.253 e. The van der Waals surface area contributed by atoms with Crippen LogP contribution < -0.4 is 0 Å². The molecule has 2 heterocycles. The number of hydrogen-bond donors (Lipinski definition) is 0. The fourth-order valence-electron chi connectivity index (χ4n) is 3.41. The summed E-state index contributed by atoms with van der Waals surface area (Å²) in [7, 11) is 3.48. The molecule has 0 radical (unpaired) electrons. The Kier molecular flexibility index (Phi) is 5.67. The van der Waals surface area contributed by atoms with E-state index in [-0.39, 0.29) is 30.1 Å². The van der Waals surface area contributed by atoms with Crippen LogP contribution in [0.5, 0.6) is 0 Å². The summed E-state index contributed by atoms with van der Waals surface area (Å²) in [6.45, 7) is 6.80. The normalized spacial score (nSPS) is 29.2. The summed E-state index contributed by atoms with van der Waals surface area (Å²) in [5.41, 5.74) is 1.10. The standard InChI is InChI=1S/C20H29NO5/c1-13(17-18(25-17)19(22)21(4)5)16(15-12-24-20(2,3)26-15)23-11-14-9-7-6-8-10-14/h6-10,13,15-18H,11-12H2,1-5H3/t13-,15-,16+,17-,18+/m1/s1. The summed E-state index contributed by atoms with van der Waals surface area (Å²) >= 11 is 0. The van der Waals surface area contributed by atoms with Crippen molar-refractivity contribution in [3.05, 3.63) is 35.9 Å². The monoisotopic (exact) mass is 363 g/mol. The Morgan fingerprint density at radius 1 is 1.31 bits per heavy atom. The van der Waals surface area contributed by atoms with Gasteiger partial charge in [-0.15, -0.1) is 0 Å². The van der Waals surface area contributed by atoms with Gasteiger partial charge in [0.15, 0.2) is 11.9 Å². The van der Waals surface area contributed by atoms with E-state index in [1.165, 1.54) is 0 Å². The third kappa shape index (κ3) is 4.43. The second-order valence-electron chi connectivity index (χ2n) is 7.74. The molecule has 1 amide bonds. The van der Waals surface area contributed by atoms with Crippen molar-refractivity contribution in [3.8, 4) is 0 Å². The number of benzene rings is 1. The fraction of sp³-hybridized carbons (Fsp3) is 0.650. The SMILES string of the molecule is C[C@@H]([C@H]1O[C@@H]1C(=O)N(C)C)[C@H](OCc1ccccc1)[C@H]1COC(C)(C)O1. The van der Waals surface area contributed by atoms with E-state index in [4.69, 9.17) is 18.9 Å². The Bertz CT molecular complexity index is 618. The number of nitrogens with zero attached hydrogens (tertiary/aromatic N) is 1. The van der Waals surface area contributed by atoms with E-state index in [0.29, 0.717) is 13.2 Å². The van der Waals surface area contributed by atoms with Gasteiger partial charge >= 0.3 is 0 Å². The van der Waals surface area contributed by atoms with E-state index in [9.17, 15) is 4.79 Å². The van der Waals surface area contributed by atoms with Crippen molar-refractivity contribution < 1.29 is 23.7 Å². The molecule has 0 aliphatic carbocycles. The van der Waals surface area contributed by atoms with Crippen molar-refractivity contribution in [3.63, 3.8) is 0 Å². The molecule has 2 fully saturated rings. The molecule has 2 aliphatic rings. The molecule has 0 spiro atoms. The van der Waals surface area contributed by atoms with Crippen LogP contribution in [0.25, 0.3) is 0 Å². The third-order valence-electron chi connectivity index (χ3n) is 4.93. The van der Waals surface area contributed by atoms with Gasteiger partial charge in [-0.05, 0) is 19.4 Å². The first-order valence-electron chi connectivity index (χ1n) is 9.12. The zero-order valence-corrected chi connectivity index (χ0v) is 16.2. The second kappa shape index (κ2) is 7.64. The van der Waals surface area contributed by atoms with Crippen molar-refractivity contribution in [1.29, 1.82) is 0 Å². The molecule has 2 aliphatic heterocycles. The molecular formula is C20H29NO5. The highest BCUT2D eigenvalue weighted by molar-refractivity contribution is 5.83. The summed E-state index contributed by atoms with van der Waals surface area (Å²) in [6.07, 6.45) is -0.957. The molecule has 1 aromatic carbocycles. The van der Waals surface area contributed by atoms with Crippen molar-refractivity contribution in [2.45, 2.75) is 57.6 Å². The van der Waals surface area contributed by atoms with Crippen molar-refractivity contribution >= 4 is 5.91 Å². The maximum absolute atomic E-state index is 12.2. The molecule has 2 saturated heterocycles. The Balaban J connectivity index is 1.68. The molecule has 0 N–H and O–H groups in total. The Hall–Kier alpha value is -1.47. The topological polar surface area (TPSA) is 60.5 Å². The van der Waals surface area contributed by atoms with Gasteiger partial charge in [-0.25, -0.2) is 0 Å². The molecule has 6 heteroatoms. The number of likely N-dealkylation sites (N-methyl/N-ethyl adjacent to an activating group) is 1. The van der Waals surface area contributed by atoms with Crippen LogP contribution in [0, 0.1) is 5.92 Å². The van der Waals surface area contributed by atoms with Crippen LogP contribution in [-0.2, 0) is 30.3 Å². The summed E-state index contributed by atoms with van der Waals surface area (Å²) in [5, 5.41) is 0. The molecule has 3 rings (SSSR count). The van der Waals surface area contributed by atoms with Gasteiger partial charge in [0.25, 0.3) is 5.91 Å². The van der Waals surface area contributed by atoms with Crippen molar-refractivity contribution in [2.24, 2.45) is 5.92 Å². The van der Waals surface area contributed by atoms with Gasteiger partial charge in [0.2, 0.25) is 0 Å². The van der Waals surface area contributed by atoms with Crippen LogP contribution in [0.3, 0.4) is 0 Å². The molecule has 144 valence electrons. The van der Waals surface area contributed by atoms with E-state index >= 15 is 0 Å². The van der Waals surface area contributed by atoms with E-state index < -0.39 is 11.9 Å². The molecule has 6 nitrogen and oxygen atoms in total. The predicted octanol–water partition coefficient (Wildman–Crippen LogP) is 2.21. The summed E-state index contributed by atoms with van der Waals surface area (Å²) < 4.78 is 23.7. The number of ether oxygens (including phenoxy) is 4. The third-order valence-corrected chi connectivity index (χ3v) is 4.93. The molecule has 5 atom stereocenters. The van der Waals surface area contributed by atoms with Gasteiger partial charge in [0.05, 0.1) is 25.4 Å². The molecule has 0 saturated carbocycles. The number of rotatable bonds is 7. The number of carbonyl (C=O) groups excluding carboxylic acids is 1. The number of carbonyl (C=O) groups is 1. The zero-order valence-electron chi connectivity index (χ0n) is 16.2. The first kappa shape index (κ1) is 19.3. The predicted molar refractivity (Wildman–Crippen MR) is 96.4 cm³/mol. The van der Waals surface area contributed by atoms with Gasteiger partial charge in [-0.2, -0.15) is 0 Å².